The molecule has 1 fully saturated rings. The average molecular weight is 451 g/mol. The van der Waals surface area contributed by atoms with Crippen molar-refractivity contribution in [2.45, 2.75) is 37.5 Å². The largest absolute Gasteiger partial charge is 0.457 e. The van der Waals surface area contributed by atoms with Crippen LogP contribution in [0.15, 0.2) is 97.1 Å². The van der Waals surface area contributed by atoms with E-state index in [4.69, 9.17) is 20.9 Å². The third kappa shape index (κ3) is 5.34. The fourth-order valence-corrected chi connectivity index (χ4v) is 4.76. The summed E-state index contributed by atoms with van der Waals surface area (Å²) in [6, 6.07) is 32.1. The van der Waals surface area contributed by atoms with Crippen LogP contribution in [0.3, 0.4) is 0 Å². The average Bonchev–Trinajstić information content (AvgIpc) is 2.88. The van der Waals surface area contributed by atoms with Gasteiger partial charge in [0.25, 0.3) is 0 Å². The molecule has 0 spiro atoms. The highest BCUT2D eigenvalue weighted by Crippen LogP contribution is 2.42. The van der Waals surface area contributed by atoms with Gasteiger partial charge in [-0.1, -0.05) is 30.7 Å². The minimum atomic E-state index is 0.565. The molecule has 34 heavy (non-hydrogen) atoms. The van der Waals surface area contributed by atoms with E-state index in [-0.39, 0.29) is 0 Å². The van der Waals surface area contributed by atoms with E-state index in [9.17, 15) is 0 Å². The maximum atomic E-state index is 5.95. The van der Waals surface area contributed by atoms with Crippen LogP contribution in [0.5, 0.6) is 23.0 Å². The topological polar surface area (TPSA) is 70.5 Å². The summed E-state index contributed by atoms with van der Waals surface area (Å²) < 4.78 is 11.9. The van der Waals surface area contributed by atoms with Crippen molar-refractivity contribution in [3.05, 3.63) is 108 Å². The standard InChI is InChI=1S/C30H30N2O2/c31-25-8-16-29(17-9-25)33-27-12-4-21(5-13-27)23-2-1-3-24(20-23)22-6-14-28(15-7-22)34-30-18-10-26(32)11-19-30/h4-19,23-24H,1-3,20,31-32H2. The molecule has 0 radical (unpaired) electrons. The maximum Gasteiger partial charge on any atom is 0.127 e. The molecule has 0 saturated heterocycles. The molecule has 4 aromatic rings. The van der Waals surface area contributed by atoms with Crippen LogP contribution in [0.2, 0.25) is 0 Å². The van der Waals surface area contributed by atoms with Crippen molar-refractivity contribution in [1.29, 1.82) is 0 Å². The minimum absolute atomic E-state index is 0.565. The molecular formula is C30H30N2O2. The lowest BCUT2D eigenvalue weighted by Crippen LogP contribution is -2.13. The lowest BCUT2D eigenvalue weighted by molar-refractivity contribution is 0.393. The number of hydrogen-bond acceptors (Lipinski definition) is 4. The number of nitrogen functional groups attached to an aromatic ring is 2. The summed E-state index contributed by atoms with van der Waals surface area (Å²) in [7, 11) is 0. The van der Waals surface area contributed by atoms with Crippen LogP contribution in [0, 0.1) is 0 Å². The summed E-state index contributed by atoms with van der Waals surface area (Å²) in [4.78, 5) is 0. The molecule has 2 atom stereocenters. The molecule has 4 heteroatoms. The van der Waals surface area contributed by atoms with Gasteiger partial charge in [-0.05, 0) is 115 Å². The van der Waals surface area contributed by atoms with Gasteiger partial charge in [0, 0.05) is 11.4 Å². The highest BCUT2D eigenvalue weighted by Gasteiger charge is 2.24. The maximum absolute atomic E-state index is 5.95. The fraction of sp³-hybridized carbons (Fsp3) is 0.200. The quantitative estimate of drug-likeness (QED) is 0.293. The minimum Gasteiger partial charge on any atom is -0.457 e. The molecule has 0 bridgehead atoms. The van der Waals surface area contributed by atoms with Gasteiger partial charge in [-0.25, -0.2) is 0 Å². The number of benzene rings is 4. The molecule has 0 amide bonds. The molecule has 4 aromatic carbocycles. The Morgan fingerprint density at radius 3 is 1.15 bits per heavy atom. The Hall–Kier alpha value is -3.92. The summed E-state index contributed by atoms with van der Waals surface area (Å²) >= 11 is 0. The first-order chi connectivity index (χ1) is 16.6. The number of ether oxygens (including phenoxy) is 2. The van der Waals surface area contributed by atoms with Gasteiger partial charge in [-0.15, -0.1) is 0 Å². The summed E-state index contributed by atoms with van der Waals surface area (Å²) in [5.41, 5.74) is 15.7. The molecule has 4 N–H and O–H groups in total. The molecule has 4 nitrogen and oxygen atoms in total. The van der Waals surface area contributed by atoms with Crippen molar-refractivity contribution in [3.63, 3.8) is 0 Å². The van der Waals surface area contributed by atoms with E-state index in [0.29, 0.717) is 11.8 Å². The Morgan fingerprint density at radius 1 is 0.471 bits per heavy atom. The normalized spacial score (nSPS) is 17.8. The lowest BCUT2D eigenvalue weighted by atomic mass is 9.75. The first kappa shape index (κ1) is 21.9. The molecule has 2 unspecified atom stereocenters. The molecule has 1 aliphatic rings. The van der Waals surface area contributed by atoms with E-state index in [1.54, 1.807) is 0 Å². The fourth-order valence-electron chi connectivity index (χ4n) is 4.76. The van der Waals surface area contributed by atoms with Gasteiger partial charge in [0.2, 0.25) is 0 Å². The smallest absolute Gasteiger partial charge is 0.127 e. The van der Waals surface area contributed by atoms with Gasteiger partial charge in [0.15, 0.2) is 0 Å². The third-order valence-corrected chi connectivity index (χ3v) is 6.61. The number of rotatable bonds is 6. The van der Waals surface area contributed by atoms with E-state index in [1.165, 1.54) is 30.4 Å². The monoisotopic (exact) mass is 450 g/mol. The Morgan fingerprint density at radius 2 is 0.794 bits per heavy atom. The molecule has 0 heterocycles. The second-order valence-electron chi connectivity index (χ2n) is 9.04. The zero-order valence-corrected chi connectivity index (χ0v) is 19.2. The summed E-state index contributed by atoms with van der Waals surface area (Å²) in [5.74, 6) is 4.41. The zero-order valence-electron chi connectivity index (χ0n) is 19.2. The van der Waals surface area contributed by atoms with Crippen molar-refractivity contribution in [3.8, 4) is 23.0 Å². The van der Waals surface area contributed by atoms with E-state index in [2.05, 4.69) is 48.5 Å². The van der Waals surface area contributed by atoms with Gasteiger partial charge in [0.05, 0.1) is 0 Å². The summed E-state index contributed by atoms with van der Waals surface area (Å²) in [6.07, 6.45) is 4.86. The van der Waals surface area contributed by atoms with Crippen molar-refractivity contribution >= 4 is 11.4 Å². The van der Waals surface area contributed by atoms with Gasteiger partial charge in [-0.3, -0.25) is 0 Å². The number of hydrogen-bond donors (Lipinski definition) is 2. The molecule has 172 valence electrons. The highest BCUT2D eigenvalue weighted by molar-refractivity contribution is 5.44. The van der Waals surface area contributed by atoms with Gasteiger partial charge in [0.1, 0.15) is 23.0 Å². The molecule has 0 aliphatic heterocycles. The lowest BCUT2D eigenvalue weighted by Gasteiger charge is -2.30. The van der Waals surface area contributed by atoms with Gasteiger partial charge < -0.3 is 20.9 Å². The summed E-state index contributed by atoms with van der Waals surface area (Å²) in [5, 5.41) is 0. The summed E-state index contributed by atoms with van der Waals surface area (Å²) in [6.45, 7) is 0. The number of nitrogens with two attached hydrogens (primary N) is 2. The Labute approximate surface area is 201 Å². The Balaban J connectivity index is 1.21. The van der Waals surface area contributed by atoms with Crippen LogP contribution in [-0.2, 0) is 0 Å². The van der Waals surface area contributed by atoms with Crippen molar-refractivity contribution in [1.82, 2.24) is 0 Å². The van der Waals surface area contributed by atoms with E-state index >= 15 is 0 Å². The predicted octanol–water partition coefficient (Wildman–Crippen LogP) is 7.88. The molecule has 5 rings (SSSR count). The highest BCUT2D eigenvalue weighted by atomic mass is 16.5. The SMILES string of the molecule is Nc1ccc(Oc2ccc(C3CCCC(c4ccc(Oc5ccc(N)cc5)cc4)C3)cc2)cc1. The van der Waals surface area contributed by atoms with Crippen molar-refractivity contribution in [2.75, 3.05) is 11.5 Å². The van der Waals surface area contributed by atoms with Crippen molar-refractivity contribution in [2.24, 2.45) is 0 Å². The molecular weight excluding hydrogens is 420 g/mol. The number of anilines is 2. The van der Waals surface area contributed by atoms with Gasteiger partial charge >= 0.3 is 0 Å². The van der Waals surface area contributed by atoms with E-state index < -0.39 is 0 Å². The molecule has 1 aliphatic carbocycles. The van der Waals surface area contributed by atoms with Crippen LogP contribution in [0.1, 0.15) is 48.6 Å². The predicted molar refractivity (Wildman–Crippen MR) is 139 cm³/mol. The van der Waals surface area contributed by atoms with Crippen LogP contribution < -0.4 is 20.9 Å². The van der Waals surface area contributed by atoms with Gasteiger partial charge in [-0.2, -0.15) is 0 Å². The molecule has 1 saturated carbocycles. The second kappa shape index (κ2) is 9.92. The first-order valence-electron chi connectivity index (χ1n) is 11.9. The van der Waals surface area contributed by atoms with E-state index in [0.717, 1.165) is 40.8 Å². The Kier molecular flexibility index (Phi) is 6.39. The Bertz CT molecular complexity index is 1100. The van der Waals surface area contributed by atoms with Crippen LogP contribution in [-0.4, -0.2) is 0 Å². The van der Waals surface area contributed by atoms with Crippen molar-refractivity contribution < 1.29 is 9.47 Å². The van der Waals surface area contributed by atoms with Crippen LogP contribution in [0.4, 0.5) is 11.4 Å². The zero-order chi connectivity index (χ0) is 23.3. The molecule has 0 aromatic heterocycles. The first-order valence-corrected chi connectivity index (χ1v) is 11.9. The van der Waals surface area contributed by atoms with Crippen LogP contribution >= 0.6 is 0 Å². The van der Waals surface area contributed by atoms with E-state index in [1.807, 2.05) is 48.5 Å². The third-order valence-electron chi connectivity index (χ3n) is 6.61. The van der Waals surface area contributed by atoms with Crippen LogP contribution in [0.25, 0.3) is 0 Å². The second-order valence-corrected chi connectivity index (χ2v) is 9.04.